The molecule has 0 aliphatic carbocycles. The van der Waals surface area contributed by atoms with E-state index in [-0.39, 0.29) is 23.7 Å². The molecule has 1 aromatic heterocycles. The number of urea groups is 1. The fourth-order valence-electron chi connectivity index (χ4n) is 2.69. The number of amides is 3. The van der Waals surface area contributed by atoms with E-state index in [9.17, 15) is 14.0 Å². The van der Waals surface area contributed by atoms with Gasteiger partial charge in [-0.2, -0.15) is 0 Å². The molecule has 5 nitrogen and oxygen atoms in total. The SMILES string of the molecule is O=C(Nc1cccc(F)c1)C1CCN(C(=O)Nc2cccs2)CC1. The first-order chi connectivity index (χ1) is 11.6. The fraction of sp³-hybridized carbons (Fsp3) is 0.294. The normalized spacial score (nSPS) is 15.1. The van der Waals surface area contributed by atoms with Gasteiger partial charge in [0, 0.05) is 24.7 Å². The van der Waals surface area contributed by atoms with Crippen molar-refractivity contribution in [1.82, 2.24) is 4.90 Å². The Morgan fingerprint density at radius 2 is 1.92 bits per heavy atom. The van der Waals surface area contributed by atoms with Gasteiger partial charge in [-0.3, -0.25) is 10.1 Å². The van der Waals surface area contributed by atoms with E-state index < -0.39 is 0 Å². The van der Waals surface area contributed by atoms with Crippen LogP contribution in [0.3, 0.4) is 0 Å². The second-order valence-corrected chi connectivity index (χ2v) is 6.62. The monoisotopic (exact) mass is 347 g/mol. The Hall–Kier alpha value is -2.41. The number of hydrogen-bond donors (Lipinski definition) is 2. The highest BCUT2D eigenvalue weighted by Crippen LogP contribution is 2.21. The molecule has 126 valence electrons. The zero-order valence-corrected chi connectivity index (χ0v) is 13.8. The number of anilines is 2. The van der Waals surface area contributed by atoms with Crippen LogP contribution in [0.1, 0.15) is 12.8 Å². The van der Waals surface area contributed by atoms with Crippen LogP contribution in [-0.4, -0.2) is 29.9 Å². The summed E-state index contributed by atoms with van der Waals surface area (Å²) in [6.07, 6.45) is 1.19. The standard InChI is InChI=1S/C17H18FN3O2S/c18-13-3-1-4-14(11-13)19-16(22)12-6-8-21(9-7-12)17(23)20-15-5-2-10-24-15/h1-5,10-12H,6-9H2,(H,19,22)(H,20,23). The van der Waals surface area contributed by atoms with Gasteiger partial charge in [-0.25, -0.2) is 9.18 Å². The molecule has 0 spiro atoms. The smallest absolute Gasteiger partial charge is 0.322 e. The van der Waals surface area contributed by atoms with E-state index in [1.165, 1.54) is 23.5 Å². The number of benzene rings is 1. The molecule has 1 aliphatic heterocycles. The van der Waals surface area contributed by atoms with E-state index in [0.717, 1.165) is 5.00 Å². The molecule has 2 aromatic rings. The summed E-state index contributed by atoms with van der Waals surface area (Å²) >= 11 is 1.47. The van der Waals surface area contributed by atoms with E-state index >= 15 is 0 Å². The van der Waals surface area contributed by atoms with Crippen LogP contribution in [0.2, 0.25) is 0 Å². The maximum atomic E-state index is 13.2. The van der Waals surface area contributed by atoms with E-state index in [2.05, 4.69) is 10.6 Å². The lowest BCUT2D eigenvalue weighted by molar-refractivity contribution is -0.121. The number of likely N-dealkylation sites (tertiary alicyclic amines) is 1. The van der Waals surface area contributed by atoms with Crippen molar-refractivity contribution in [3.8, 4) is 0 Å². The van der Waals surface area contributed by atoms with Gasteiger partial charge in [0.25, 0.3) is 0 Å². The number of nitrogens with one attached hydrogen (secondary N) is 2. The summed E-state index contributed by atoms with van der Waals surface area (Å²) in [7, 11) is 0. The molecule has 2 N–H and O–H groups in total. The van der Waals surface area contributed by atoms with Crippen molar-refractivity contribution in [2.45, 2.75) is 12.8 Å². The van der Waals surface area contributed by atoms with Crippen LogP contribution < -0.4 is 10.6 Å². The summed E-state index contributed by atoms with van der Waals surface area (Å²) in [5.41, 5.74) is 0.456. The van der Waals surface area contributed by atoms with Crippen molar-refractivity contribution >= 4 is 34.0 Å². The van der Waals surface area contributed by atoms with Crippen LogP contribution in [0, 0.1) is 11.7 Å². The molecule has 1 saturated heterocycles. The van der Waals surface area contributed by atoms with Gasteiger partial charge in [0.05, 0.1) is 5.00 Å². The van der Waals surface area contributed by atoms with Crippen molar-refractivity contribution in [2.24, 2.45) is 5.92 Å². The Balaban J connectivity index is 1.49. The first-order valence-corrected chi connectivity index (χ1v) is 8.65. The van der Waals surface area contributed by atoms with Gasteiger partial charge in [-0.1, -0.05) is 6.07 Å². The topological polar surface area (TPSA) is 61.4 Å². The summed E-state index contributed by atoms with van der Waals surface area (Å²) in [5.74, 6) is -0.675. The summed E-state index contributed by atoms with van der Waals surface area (Å²) in [6.45, 7) is 1.05. The molecule has 3 amide bonds. The summed E-state index contributed by atoms with van der Waals surface area (Å²) in [4.78, 5) is 26.1. The van der Waals surface area contributed by atoms with Crippen LogP contribution in [0.25, 0.3) is 0 Å². The molecule has 0 unspecified atom stereocenters. The molecule has 3 rings (SSSR count). The summed E-state index contributed by atoms with van der Waals surface area (Å²) in [5, 5.41) is 8.29. The average molecular weight is 347 g/mol. The highest BCUT2D eigenvalue weighted by molar-refractivity contribution is 7.14. The number of piperidine rings is 1. The molecule has 1 fully saturated rings. The maximum absolute atomic E-state index is 13.2. The van der Waals surface area contributed by atoms with Gasteiger partial charge in [-0.15, -0.1) is 11.3 Å². The molecule has 24 heavy (non-hydrogen) atoms. The number of hydrogen-bond acceptors (Lipinski definition) is 3. The third-order valence-corrected chi connectivity index (χ3v) is 4.78. The lowest BCUT2D eigenvalue weighted by atomic mass is 9.96. The lowest BCUT2D eigenvalue weighted by Gasteiger charge is -2.31. The Morgan fingerprint density at radius 3 is 2.58 bits per heavy atom. The molecule has 0 saturated carbocycles. The molecular weight excluding hydrogens is 329 g/mol. The van der Waals surface area contributed by atoms with Crippen LogP contribution >= 0.6 is 11.3 Å². The number of rotatable bonds is 3. The van der Waals surface area contributed by atoms with Gasteiger partial charge in [0.1, 0.15) is 5.82 Å². The second kappa shape index (κ2) is 7.44. The zero-order valence-electron chi connectivity index (χ0n) is 13.0. The highest BCUT2D eigenvalue weighted by atomic mass is 32.1. The Labute approximate surface area is 143 Å². The molecule has 0 atom stereocenters. The van der Waals surface area contributed by atoms with Gasteiger partial charge < -0.3 is 10.2 Å². The third-order valence-electron chi connectivity index (χ3n) is 4.00. The van der Waals surface area contributed by atoms with Crippen molar-refractivity contribution in [3.63, 3.8) is 0 Å². The van der Waals surface area contributed by atoms with Gasteiger partial charge >= 0.3 is 6.03 Å². The number of carbonyl (C=O) groups excluding carboxylic acids is 2. The summed E-state index contributed by atoms with van der Waals surface area (Å²) in [6, 6.07) is 9.43. The minimum absolute atomic E-state index is 0.126. The number of halogens is 1. The Kier molecular flexibility index (Phi) is 5.10. The highest BCUT2D eigenvalue weighted by Gasteiger charge is 2.27. The largest absolute Gasteiger partial charge is 0.326 e. The van der Waals surface area contributed by atoms with Crippen LogP contribution in [0.5, 0.6) is 0 Å². The molecule has 1 aromatic carbocycles. The molecule has 1 aliphatic rings. The predicted molar refractivity (Wildman–Crippen MR) is 92.7 cm³/mol. The van der Waals surface area contributed by atoms with E-state index in [0.29, 0.717) is 31.6 Å². The molecule has 7 heteroatoms. The van der Waals surface area contributed by atoms with Crippen molar-refractivity contribution in [3.05, 3.63) is 47.6 Å². The third kappa shape index (κ3) is 4.11. The van der Waals surface area contributed by atoms with Crippen molar-refractivity contribution in [2.75, 3.05) is 23.7 Å². The lowest BCUT2D eigenvalue weighted by Crippen LogP contribution is -2.43. The Morgan fingerprint density at radius 1 is 1.12 bits per heavy atom. The van der Waals surface area contributed by atoms with Crippen LogP contribution in [0.15, 0.2) is 41.8 Å². The maximum Gasteiger partial charge on any atom is 0.322 e. The molecular formula is C17H18FN3O2S. The molecule has 0 radical (unpaired) electrons. The van der Waals surface area contributed by atoms with Gasteiger partial charge in [0.2, 0.25) is 5.91 Å². The number of nitrogens with zero attached hydrogens (tertiary/aromatic N) is 1. The Bertz CT molecular complexity index is 712. The average Bonchev–Trinajstić information content (AvgIpc) is 3.08. The molecule has 2 heterocycles. The summed E-state index contributed by atoms with van der Waals surface area (Å²) < 4.78 is 13.2. The zero-order chi connectivity index (χ0) is 16.9. The number of carbonyl (C=O) groups is 2. The second-order valence-electron chi connectivity index (χ2n) is 5.67. The van der Waals surface area contributed by atoms with E-state index in [1.54, 1.807) is 17.0 Å². The minimum atomic E-state index is -0.382. The van der Waals surface area contributed by atoms with Crippen molar-refractivity contribution in [1.29, 1.82) is 0 Å². The quantitative estimate of drug-likeness (QED) is 0.888. The minimum Gasteiger partial charge on any atom is -0.326 e. The predicted octanol–water partition coefficient (Wildman–Crippen LogP) is 3.77. The van der Waals surface area contributed by atoms with Crippen molar-refractivity contribution < 1.29 is 14.0 Å². The van der Waals surface area contributed by atoms with Crippen LogP contribution in [-0.2, 0) is 4.79 Å². The number of thiophene rings is 1. The van der Waals surface area contributed by atoms with E-state index in [4.69, 9.17) is 0 Å². The van der Waals surface area contributed by atoms with Gasteiger partial charge in [0.15, 0.2) is 0 Å². The van der Waals surface area contributed by atoms with Gasteiger partial charge in [-0.05, 0) is 48.6 Å². The van der Waals surface area contributed by atoms with E-state index in [1.807, 2.05) is 17.5 Å². The van der Waals surface area contributed by atoms with Crippen LogP contribution in [0.4, 0.5) is 19.9 Å². The first kappa shape index (κ1) is 16.4. The fourth-order valence-corrected chi connectivity index (χ4v) is 3.30. The first-order valence-electron chi connectivity index (χ1n) is 7.77. The molecule has 0 bridgehead atoms.